The molecular formula is C18H18N4O3. The molecule has 2 atom stereocenters. The molecule has 1 aromatic carbocycles. The van der Waals surface area contributed by atoms with Gasteiger partial charge in [0.15, 0.2) is 11.3 Å². The summed E-state index contributed by atoms with van der Waals surface area (Å²) in [6, 6.07) is 7.35. The van der Waals surface area contributed by atoms with E-state index in [0.717, 1.165) is 11.3 Å². The highest BCUT2D eigenvalue weighted by Crippen LogP contribution is 2.34. The van der Waals surface area contributed by atoms with E-state index in [2.05, 4.69) is 9.97 Å². The number of hydrogen-bond acceptors (Lipinski definition) is 5. The highest BCUT2D eigenvalue weighted by molar-refractivity contribution is 5.98. The van der Waals surface area contributed by atoms with E-state index in [-0.39, 0.29) is 24.2 Å². The number of imidazole rings is 1. The van der Waals surface area contributed by atoms with E-state index in [9.17, 15) is 9.90 Å². The largest absolute Gasteiger partial charge is 0.497 e. The van der Waals surface area contributed by atoms with E-state index >= 15 is 0 Å². The molecular weight excluding hydrogens is 320 g/mol. The maximum atomic E-state index is 13.1. The predicted molar refractivity (Wildman–Crippen MR) is 90.4 cm³/mol. The van der Waals surface area contributed by atoms with Crippen molar-refractivity contribution in [2.45, 2.75) is 18.6 Å². The molecule has 1 amide bonds. The van der Waals surface area contributed by atoms with Crippen molar-refractivity contribution >= 4 is 11.6 Å². The molecule has 1 aliphatic rings. The van der Waals surface area contributed by atoms with Gasteiger partial charge in [0.05, 0.1) is 19.3 Å². The van der Waals surface area contributed by atoms with Crippen LogP contribution in [0, 0.1) is 0 Å². The number of fused-ring (bicyclic) bond motifs is 1. The zero-order chi connectivity index (χ0) is 17.4. The molecule has 0 spiro atoms. The number of nitrogens with zero attached hydrogens (tertiary/aromatic N) is 4. The van der Waals surface area contributed by atoms with Gasteiger partial charge in [-0.05, 0) is 24.1 Å². The van der Waals surface area contributed by atoms with Crippen LogP contribution in [0.5, 0.6) is 5.75 Å². The van der Waals surface area contributed by atoms with Gasteiger partial charge in [0, 0.05) is 31.3 Å². The molecule has 7 heteroatoms. The number of likely N-dealkylation sites (tertiary alicyclic amines) is 1. The third-order valence-electron chi connectivity index (χ3n) is 4.53. The smallest absolute Gasteiger partial charge is 0.276 e. The second-order valence-electron chi connectivity index (χ2n) is 6.07. The van der Waals surface area contributed by atoms with Crippen molar-refractivity contribution < 1.29 is 14.6 Å². The van der Waals surface area contributed by atoms with Crippen molar-refractivity contribution in [3.05, 3.63) is 60.3 Å². The molecule has 0 unspecified atom stereocenters. The Morgan fingerprint density at radius 3 is 2.88 bits per heavy atom. The summed E-state index contributed by atoms with van der Waals surface area (Å²) in [4.78, 5) is 23.2. The standard InChI is InChI=1S/C18H18N4O3/c1-25-14-4-2-3-12(9-14)15-10-13(23)11-22(15)18(24)16-17-20-6-8-21(17)7-5-19-16/h2-9,13,15,23H,10-11H2,1H3/t13-,15-/m0/s1. The van der Waals surface area contributed by atoms with E-state index in [1.165, 1.54) is 0 Å². The summed E-state index contributed by atoms with van der Waals surface area (Å²) in [5.74, 6) is 0.487. The van der Waals surface area contributed by atoms with E-state index in [4.69, 9.17) is 4.74 Å². The molecule has 0 saturated carbocycles. The first-order valence-electron chi connectivity index (χ1n) is 8.08. The molecule has 4 rings (SSSR count). The van der Waals surface area contributed by atoms with E-state index in [0.29, 0.717) is 12.1 Å². The zero-order valence-electron chi connectivity index (χ0n) is 13.7. The number of hydrogen-bond donors (Lipinski definition) is 1. The molecule has 2 aromatic heterocycles. The van der Waals surface area contributed by atoms with Crippen molar-refractivity contribution in [1.82, 2.24) is 19.3 Å². The third-order valence-corrected chi connectivity index (χ3v) is 4.53. The Morgan fingerprint density at radius 1 is 1.28 bits per heavy atom. The normalized spacial score (nSPS) is 20.2. The maximum absolute atomic E-state index is 13.1. The Kier molecular flexibility index (Phi) is 3.85. The Balaban J connectivity index is 1.72. The fourth-order valence-corrected chi connectivity index (χ4v) is 3.34. The minimum Gasteiger partial charge on any atom is -0.497 e. The first-order valence-corrected chi connectivity index (χ1v) is 8.08. The van der Waals surface area contributed by atoms with Crippen molar-refractivity contribution in [3.63, 3.8) is 0 Å². The van der Waals surface area contributed by atoms with Crippen LogP contribution in [0.3, 0.4) is 0 Å². The van der Waals surface area contributed by atoms with Crippen molar-refractivity contribution in [2.75, 3.05) is 13.7 Å². The maximum Gasteiger partial charge on any atom is 0.276 e. The predicted octanol–water partition coefficient (Wildman–Crippen LogP) is 1.69. The Bertz CT molecular complexity index is 923. The van der Waals surface area contributed by atoms with Crippen LogP contribution < -0.4 is 4.74 Å². The van der Waals surface area contributed by atoms with Crippen LogP contribution in [0.4, 0.5) is 0 Å². The number of ether oxygens (including phenoxy) is 1. The van der Waals surface area contributed by atoms with Gasteiger partial charge >= 0.3 is 0 Å². The number of aliphatic hydroxyl groups excluding tert-OH is 1. The quantitative estimate of drug-likeness (QED) is 0.786. The topological polar surface area (TPSA) is 80.0 Å². The first-order chi connectivity index (χ1) is 12.2. The lowest BCUT2D eigenvalue weighted by atomic mass is 10.0. The molecule has 1 fully saturated rings. The number of methoxy groups -OCH3 is 1. The molecule has 7 nitrogen and oxygen atoms in total. The molecule has 3 heterocycles. The number of carbonyl (C=O) groups is 1. The summed E-state index contributed by atoms with van der Waals surface area (Å²) in [6.45, 7) is 0.268. The van der Waals surface area contributed by atoms with Crippen LogP contribution in [0.1, 0.15) is 28.5 Å². The van der Waals surface area contributed by atoms with Gasteiger partial charge < -0.3 is 19.1 Å². The number of aliphatic hydroxyl groups is 1. The van der Waals surface area contributed by atoms with Crippen LogP contribution in [0.15, 0.2) is 49.1 Å². The molecule has 1 saturated heterocycles. The Hall–Kier alpha value is -2.93. The molecule has 128 valence electrons. The lowest BCUT2D eigenvalue weighted by Gasteiger charge is -2.24. The molecule has 1 aliphatic heterocycles. The number of rotatable bonds is 3. The average Bonchev–Trinajstić information content (AvgIpc) is 3.27. The zero-order valence-corrected chi connectivity index (χ0v) is 13.7. The summed E-state index contributed by atoms with van der Waals surface area (Å²) < 4.78 is 7.03. The minimum absolute atomic E-state index is 0.227. The SMILES string of the molecule is COc1cccc([C@@H]2C[C@H](O)CN2C(=O)c2nccn3ccnc23)c1. The van der Waals surface area contributed by atoms with Crippen molar-refractivity contribution in [3.8, 4) is 5.75 Å². The number of amides is 1. The van der Waals surface area contributed by atoms with Crippen LogP contribution >= 0.6 is 0 Å². The highest BCUT2D eigenvalue weighted by atomic mass is 16.5. The van der Waals surface area contributed by atoms with Crippen molar-refractivity contribution in [2.24, 2.45) is 0 Å². The summed E-state index contributed by atoms with van der Waals surface area (Å²) >= 11 is 0. The summed E-state index contributed by atoms with van der Waals surface area (Å²) in [6.07, 6.45) is 6.64. The number of β-amino-alcohol motifs (C(OH)–C–C–N with tert-alkyl or cyclic N) is 1. The van der Waals surface area contributed by atoms with Gasteiger partial charge in [0.25, 0.3) is 5.91 Å². The Labute approximate surface area is 144 Å². The number of carbonyl (C=O) groups excluding carboxylic acids is 1. The summed E-state index contributed by atoms with van der Waals surface area (Å²) in [5.41, 5.74) is 1.73. The molecule has 0 bridgehead atoms. The van der Waals surface area contributed by atoms with E-state index in [1.807, 2.05) is 24.3 Å². The highest BCUT2D eigenvalue weighted by Gasteiger charge is 2.37. The second-order valence-corrected chi connectivity index (χ2v) is 6.07. The van der Waals surface area contributed by atoms with E-state index < -0.39 is 6.10 Å². The van der Waals surface area contributed by atoms with Crippen LogP contribution in [-0.4, -0.2) is 50.0 Å². The van der Waals surface area contributed by atoms with Crippen molar-refractivity contribution in [1.29, 1.82) is 0 Å². The fraction of sp³-hybridized carbons (Fsp3) is 0.278. The fourth-order valence-electron chi connectivity index (χ4n) is 3.34. The lowest BCUT2D eigenvalue weighted by Crippen LogP contribution is -2.32. The molecule has 3 aromatic rings. The molecule has 0 radical (unpaired) electrons. The monoisotopic (exact) mass is 338 g/mol. The molecule has 1 N–H and O–H groups in total. The number of aromatic nitrogens is 3. The lowest BCUT2D eigenvalue weighted by molar-refractivity contribution is 0.0711. The van der Waals surface area contributed by atoms with Crippen LogP contribution in [-0.2, 0) is 0 Å². The van der Waals surface area contributed by atoms with Gasteiger partial charge in [0.1, 0.15) is 5.75 Å². The third kappa shape index (κ3) is 2.72. The summed E-state index contributed by atoms with van der Waals surface area (Å²) in [7, 11) is 1.61. The molecule has 25 heavy (non-hydrogen) atoms. The summed E-state index contributed by atoms with van der Waals surface area (Å²) in [5, 5.41) is 10.2. The second kappa shape index (κ2) is 6.18. The van der Waals surface area contributed by atoms with Gasteiger partial charge in [-0.3, -0.25) is 4.79 Å². The Morgan fingerprint density at radius 2 is 2.08 bits per heavy atom. The average molecular weight is 338 g/mol. The van der Waals surface area contributed by atoms with Gasteiger partial charge in [0.2, 0.25) is 0 Å². The first kappa shape index (κ1) is 15.6. The van der Waals surface area contributed by atoms with E-state index in [1.54, 1.807) is 41.2 Å². The van der Waals surface area contributed by atoms with Crippen LogP contribution in [0.25, 0.3) is 5.65 Å². The van der Waals surface area contributed by atoms with Gasteiger partial charge in [-0.1, -0.05) is 12.1 Å². The number of benzene rings is 1. The van der Waals surface area contributed by atoms with Gasteiger partial charge in [-0.2, -0.15) is 0 Å². The minimum atomic E-state index is -0.570. The van der Waals surface area contributed by atoms with Gasteiger partial charge in [-0.25, -0.2) is 9.97 Å². The van der Waals surface area contributed by atoms with Gasteiger partial charge in [-0.15, -0.1) is 0 Å². The molecule has 0 aliphatic carbocycles. The van der Waals surface area contributed by atoms with Crippen LogP contribution in [0.2, 0.25) is 0 Å².